The molecule has 0 unspecified atom stereocenters. The summed E-state index contributed by atoms with van der Waals surface area (Å²) in [6.07, 6.45) is 0. The Bertz CT molecular complexity index is 876. The number of benzene rings is 1. The summed E-state index contributed by atoms with van der Waals surface area (Å²) >= 11 is 0. The summed E-state index contributed by atoms with van der Waals surface area (Å²) in [5.74, 6) is -0.907. The molecule has 1 N–H and O–H groups in total. The van der Waals surface area contributed by atoms with E-state index in [0.29, 0.717) is 5.56 Å². The third kappa shape index (κ3) is 4.17. The van der Waals surface area contributed by atoms with Crippen molar-refractivity contribution in [2.75, 3.05) is 32.7 Å². The van der Waals surface area contributed by atoms with Crippen LogP contribution in [0, 0.1) is 0 Å². The van der Waals surface area contributed by atoms with Crippen LogP contribution in [0.5, 0.6) is 0 Å². The number of nitrogens with zero attached hydrogens (tertiary/aromatic N) is 3. The van der Waals surface area contributed by atoms with E-state index in [2.05, 4.69) is 5.32 Å². The van der Waals surface area contributed by atoms with Gasteiger partial charge in [0.15, 0.2) is 0 Å². The molecule has 28 heavy (non-hydrogen) atoms. The first kappa shape index (κ1) is 20.3. The number of carbonyl (C=O) groups excluding carboxylic acids is 3. The fourth-order valence-electron chi connectivity index (χ4n) is 3.29. The highest BCUT2D eigenvalue weighted by Crippen LogP contribution is 2.18. The van der Waals surface area contributed by atoms with Gasteiger partial charge in [-0.3, -0.25) is 14.5 Å². The van der Waals surface area contributed by atoms with Crippen LogP contribution in [-0.4, -0.2) is 78.6 Å². The van der Waals surface area contributed by atoms with Crippen LogP contribution in [0.2, 0.25) is 0 Å². The maximum absolute atomic E-state index is 12.6. The molecular weight excluding hydrogens is 384 g/mol. The molecular formula is C18H24N4O5S. The van der Waals surface area contributed by atoms with Crippen molar-refractivity contribution in [1.29, 1.82) is 0 Å². The minimum absolute atomic E-state index is 0.0840. The average molecular weight is 408 g/mol. The van der Waals surface area contributed by atoms with Crippen LogP contribution >= 0.6 is 0 Å². The van der Waals surface area contributed by atoms with Gasteiger partial charge >= 0.3 is 6.03 Å². The predicted octanol–water partition coefficient (Wildman–Crippen LogP) is -0.00900. The smallest absolute Gasteiger partial charge is 0.325 e. The first-order valence-corrected chi connectivity index (χ1v) is 10.6. The van der Waals surface area contributed by atoms with E-state index in [-0.39, 0.29) is 44.4 Å². The molecule has 2 aliphatic heterocycles. The molecule has 0 spiro atoms. The molecule has 1 aromatic carbocycles. The monoisotopic (exact) mass is 408 g/mol. The molecule has 2 heterocycles. The van der Waals surface area contributed by atoms with Gasteiger partial charge in [0.05, 0.1) is 5.75 Å². The largest absolute Gasteiger partial charge is 0.338 e. The number of piperazine rings is 1. The first-order valence-electron chi connectivity index (χ1n) is 9.04. The summed E-state index contributed by atoms with van der Waals surface area (Å²) in [5.41, 5.74) is -0.316. The van der Waals surface area contributed by atoms with Gasteiger partial charge in [0.25, 0.3) is 5.91 Å². The Labute approximate surface area is 164 Å². The zero-order chi connectivity index (χ0) is 20.5. The lowest BCUT2D eigenvalue weighted by atomic mass is 10.1. The standard InChI is InChI=1S/C18H24N4O5S/c1-18(2)16(24)22(17(25)19-18)12-15(23)20-8-10-21(11-9-20)28(26,27)13-14-6-4-3-5-7-14/h3-7H,8-13H2,1-2H3,(H,19,25). The van der Waals surface area contributed by atoms with Crippen LogP contribution in [0.4, 0.5) is 4.79 Å². The number of urea groups is 1. The third-order valence-corrected chi connectivity index (χ3v) is 6.76. The molecule has 2 saturated heterocycles. The van der Waals surface area contributed by atoms with E-state index >= 15 is 0 Å². The van der Waals surface area contributed by atoms with Crippen LogP contribution < -0.4 is 5.32 Å². The van der Waals surface area contributed by atoms with Gasteiger partial charge in [0, 0.05) is 26.2 Å². The Hall–Kier alpha value is -2.46. The molecule has 3 rings (SSSR count). The van der Waals surface area contributed by atoms with Crippen molar-refractivity contribution in [1.82, 2.24) is 19.4 Å². The summed E-state index contributed by atoms with van der Waals surface area (Å²) in [7, 11) is -3.47. The third-order valence-electron chi connectivity index (χ3n) is 4.91. The van der Waals surface area contributed by atoms with Crippen LogP contribution in [0.15, 0.2) is 30.3 Å². The molecule has 0 aromatic heterocycles. The molecule has 0 radical (unpaired) electrons. The Morgan fingerprint density at radius 3 is 2.21 bits per heavy atom. The lowest BCUT2D eigenvalue weighted by Crippen LogP contribution is -2.53. The van der Waals surface area contributed by atoms with E-state index in [1.807, 2.05) is 6.07 Å². The van der Waals surface area contributed by atoms with Crippen molar-refractivity contribution >= 4 is 27.9 Å². The zero-order valence-electron chi connectivity index (χ0n) is 15.9. The van der Waals surface area contributed by atoms with Gasteiger partial charge in [-0.2, -0.15) is 4.31 Å². The zero-order valence-corrected chi connectivity index (χ0v) is 16.7. The second kappa shape index (κ2) is 7.51. The molecule has 1 aromatic rings. The molecule has 0 aliphatic carbocycles. The molecule has 152 valence electrons. The maximum atomic E-state index is 12.6. The van der Waals surface area contributed by atoms with Crippen molar-refractivity contribution in [3.8, 4) is 0 Å². The number of carbonyl (C=O) groups is 3. The molecule has 4 amide bonds. The van der Waals surface area contributed by atoms with Crippen LogP contribution in [-0.2, 0) is 25.4 Å². The SMILES string of the molecule is CC1(C)NC(=O)N(CC(=O)N2CCN(S(=O)(=O)Cc3ccccc3)CC2)C1=O. The van der Waals surface area contributed by atoms with Crippen LogP contribution in [0.1, 0.15) is 19.4 Å². The van der Waals surface area contributed by atoms with Crippen molar-refractivity contribution in [2.45, 2.75) is 25.1 Å². The molecule has 2 aliphatic rings. The van der Waals surface area contributed by atoms with Gasteiger partial charge in [-0.15, -0.1) is 0 Å². The number of rotatable bonds is 5. The van der Waals surface area contributed by atoms with Crippen molar-refractivity contribution in [2.24, 2.45) is 0 Å². The number of imide groups is 1. The van der Waals surface area contributed by atoms with Crippen molar-refractivity contribution in [3.05, 3.63) is 35.9 Å². The van der Waals surface area contributed by atoms with Gasteiger partial charge < -0.3 is 10.2 Å². The molecule has 0 bridgehead atoms. The Morgan fingerprint density at radius 2 is 1.68 bits per heavy atom. The van der Waals surface area contributed by atoms with E-state index in [0.717, 1.165) is 4.90 Å². The number of hydrogen-bond acceptors (Lipinski definition) is 5. The highest BCUT2D eigenvalue weighted by molar-refractivity contribution is 7.88. The summed E-state index contributed by atoms with van der Waals surface area (Å²) in [5, 5.41) is 2.53. The quantitative estimate of drug-likeness (QED) is 0.690. The van der Waals surface area contributed by atoms with E-state index in [1.165, 1.54) is 9.21 Å². The van der Waals surface area contributed by atoms with E-state index in [4.69, 9.17) is 0 Å². The molecule has 9 nitrogen and oxygen atoms in total. The van der Waals surface area contributed by atoms with Crippen molar-refractivity contribution < 1.29 is 22.8 Å². The lowest BCUT2D eigenvalue weighted by molar-refractivity contribution is -0.139. The number of amides is 4. The number of nitrogens with one attached hydrogen (secondary N) is 1. The highest BCUT2D eigenvalue weighted by atomic mass is 32.2. The topological polar surface area (TPSA) is 107 Å². The second-order valence-corrected chi connectivity index (χ2v) is 9.44. The van der Waals surface area contributed by atoms with Gasteiger partial charge in [-0.25, -0.2) is 13.2 Å². The molecule has 0 saturated carbocycles. The van der Waals surface area contributed by atoms with E-state index in [9.17, 15) is 22.8 Å². The van der Waals surface area contributed by atoms with Gasteiger partial charge in [-0.05, 0) is 19.4 Å². The normalized spacial score (nSPS) is 20.4. The van der Waals surface area contributed by atoms with Gasteiger partial charge in [0.2, 0.25) is 15.9 Å². The Balaban J connectivity index is 1.56. The fourth-order valence-corrected chi connectivity index (χ4v) is 4.80. The summed E-state index contributed by atoms with van der Waals surface area (Å²) in [4.78, 5) is 39.0. The maximum Gasteiger partial charge on any atom is 0.325 e. The minimum atomic E-state index is -3.47. The van der Waals surface area contributed by atoms with E-state index < -0.39 is 27.5 Å². The Kier molecular flexibility index (Phi) is 5.44. The van der Waals surface area contributed by atoms with E-state index in [1.54, 1.807) is 38.1 Å². The molecule has 10 heteroatoms. The second-order valence-electron chi connectivity index (χ2n) is 7.47. The van der Waals surface area contributed by atoms with Crippen LogP contribution in [0.3, 0.4) is 0 Å². The van der Waals surface area contributed by atoms with Gasteiger partial charge in [-0.1, -0.05) is 30.3 Å². The molecule has 0 atom stereocenters. The lowest BCUT2D eigenvalue weighted by Gasteiger charge is -2.34. The summed E-state index contributed by atoms with van der Waals surface area (Å²) < 4.78 is 26.5. The van der Waals surface area contributed by atoms with Crippen LogP contribution in [0.25, 0.3) is 0 Å². The molecule has 2 fully saturated rings. The summed E-state index contributed by atoms with van der Waals surface area (Å²) in [6.45, 7) is 3.63. The average Bonchev–Trinajstić information content (AvgIpc) is 2.84. The van der Waals surface area contributed by atoms with Crippen molar-refractivity contribution in [3.63, 3.8) is 0 Å². The number of hydrogen-bond donors (Lipinski definition) is 1. The van der Waals surface area contributed by atoms with Gasteiger partial charge in [0.1, 0.15) is 12.1 Å². The fraction of sp³-hybridized carbons (Fsp3) is 0.500. The summed E-state index contributed by atoms with van der Waals surface area (Å²) in [6, 6.07) is 8.34. The highest BCUT2D eigenvalue weighted by Gasteiger charge is 2.45. The first-order chi connectivity index (χ1) is 13.1. The predicted molar refractivity (Wildman–Crippen MR) is 102 cm³/mol. The minimum Gasteiger partial charge on any atom is -0.338 e. The Morgan fingerprint density at radius 1 is 1.07 bits per heavy atom. The number of sulfonamides is 1.